The Hall–Kier alpha value is -2.94. The van der Waals surface area contributed by atoms with E-state index in [1.165, 1.54) is 13.2 Å². The van der Waals surface area contributed by atoms with E-state index in [1.807, 2.05) is 25.1 Å². The first-order valence-electron chi connectivity index (χ1n) is 11.2. The van der Waals surface area contributed by atoms with Gasteiger partial charge in [0.1, 0.15) is 11.9 Å². The first kappa shape index (κ1) is 26.7. The minimum atomic E-state index is -4.47. The summed E-state index contributed by atoms with van der Waals surface area (Å²) >= 11 is 1.59. The van der Waals surface area contributed by atoms with E-state index in [-0.39, 0.29) is 18.5 Å². The third-order valence-electron chi connectivity index (χ3n) is 5.43. The fourth-order valence-corrected chi connectivity index (χ4v) is 4.38. The molecule has 1 aromatic rings. The normalized spacial score (nSPS) is 20.0. The number of methoxy groups -OCH3 is 1. The lowest BCUT2D eigenvalue weighted by atomic mass is 10.0. The van der Waals surface area contributed by atoms with Gasteiger partial charge in [-0.15, -0.1) is 11.8 Å². The van der Waals surface area contributed by atoms with E-state index in [2.05, 4.69) is 17.8 Å². The maximum atomic E-state index is 12.7. The van der Waals surface area contributed by atoms with Gasteiger partial charge in [-0.05, 0) is 60.8 Å². The standard InChI is InChI=1S/C26H28F3NO4S/c1-4-5-18(7-6-17(2)26(27,28)29)24-12-9-20(30-34-24)16-35-22-11-13-23-19(14-22)8-10-21(33-23)15-25(31)32-3/h5-7,9,11-14,21,24H,2,4,8,10,15-16H2,1,3H3/b7-6-,18-5+. The summed E-state index contributed by atoms with van der Waals surface area (Å²) in [6, 6.07) is 5.95. The van der Waals surface area contributed by atoms with Crippen LogP contribution in [0.1, 0.15) is 31.7 Å². The van der Waals surface area contributed by atoms with Crippen LogP contribution in [0.4, 0.5) is 13.2 Å². The van der Waals surface area contributed by atoms with Crippen molar-refractivity contribution in [3.05, 3.63) is 71.9 Å². The molecular weight excluding hydrogens is 479 g/mol. The van der Waals surface area contributed by atoms with E-state index in [9.17, 15) is 18.0 Å². The number of ether oxygens (including phenoxy) is 2. The van der Waals surface area contributed by atoms with Gasteiger partial charge in [0.2, 0.25) is 0 Å². The Labute approximate surface area is 207 Å². The second-order valence-corrected chi connectivity index (χ2v) is 9.10. The molecule has 0 saturated carbocycles. The number of carbonyl (C=O) groups excluding carboxylic acids is 1. The molecule has 188 valence electrons. The highest BCUT2D eigenvalue weighted by Gasteiger charge is 2.30. The van der Waals surface area contributed by atoms with Gasteiger partial charge in [-0.2, -0.15) is 13.2 Å². The van der Waals surface area contributed by atoms with Crippen molar-refractivity contribution < 1.29 is 32.3 Å². The number of rotatable bonds is 9. The molecule has 0 aliphatic carbocycles. The number of fused-ring (bicyclic) bond motifs is 1. The zero-order valence-corrected chi connectivity index (χ0v) is 20.5. The number of benzene rings is 1. The second kappa shape index (κ2) is 12.2. The van der Waals surface area contributed by atoms with Crippen molar-refractivity contribution in [2.24, 2.45) is 5.16 Å². The van der Waals surface area contributed by atoms with E-state index < -0.39 is 17.9 Å². The molecule has 0 spiro atoms. The van der Waals surface area contributed by atoms with Crippen LogP contribution >= 0.6 is 11.8 Å². The number of allylic oxidation sites excluding steroid dienone is 4. The van der Waals surface area contributed by atoms with E-state index in [1.54, 1.807) is 23.9 Å². The highest BCUT2D eigenvalue weighted by atomic mass is 32.2. The van der Waals surface area contributed by atoms with Gasteiger partial charge in [0, 0.05) is 16.2 Å². The number of halogens is 3. The van der Waals surface area contributed by atoms with Gasteiger partial charge >= 0.3 is 12.1 Å². The summed E-state index contributed by atoms with van der Waals surface area (Å²) < 4.78 is 48.8. The predicted octanol–water partition coefficient (Wildman–Crippen LogP) is 6.36. The Morgan fingerprint density at radius 1 is 1.34 bits per heavy atom. The lowest BCUT2D eigenvalue weighted by Gasteiger charge is -2.25. The van der Waals surface area contributed by atoms with Crippen molar-refractivity contribution in [3.8, 4) is 5.75 Å². The smallest absolute Gasteiger partial charge is 0.415 e. The van der Waals surface area contributed by atoms with E-state index in [4.69, 9.17) is 14.3 Å². The molecule has 2 heterocycles. The summed E-state index contributed by atoms with van der Waals surface area (Å²) in [6.07, 6.45) is 4.99. The number of oxime groups is 1. The van der Waals surface area contributed by atoms with Gasteiger partial charge in [-0.1, -0.05) is 36.9 Å². The van der Waals surface area contributed by atoms with Crippen molar-refractivity contribution in [1.82, 2.24) is 0 Å². The summed E-state index contributed by atoms with van der Waals surface area (Å²) in [4.78, 5) is 18.1. The molecule has 1 aromatic carbocycles. The van der Waals surface area contributed by atoms with Crippen molar-refractivity contribution in [2.45, 2.75) is 55.9 Å². The summed E-state index contributed by atoms with van der Waals surface area (Å²) in [5, 5.41) is 4.16. The zero-order valence-electron chi connectivity index (χ0n) is 19.6. The molecule has 5 nitrogen and oxygen atoms in total. The van der Waals surface area contributed by atoms with E-state index in [0.29, 0.717) is 17.7 Å². The SMILES string of the molecule is C=C(/C=C\C(=C/CC)C1C=CC(CSc2ccc3c(c2)CCC(CC(=O)OC)O3)=NO1)C(F)(F)F. The molecule has 0 N–H and O–H groups in total. The summed E-state index contributed by atoms with van der Waals surface area (Å²) in [5.74, 6) is 1.07. The van der Waals surface area contributed by atoms with Gasteiger partial charge in [-0.25, -0.2) is 0 Å². The first-order valence-corrected chi connectivity index (χ1v) is 12.2. The van der Waals surface area contributed by atoms with Crippen LogP contribution in [-0.4, -0.2) is 42.9 Å². The van der Waals surface area contributed by atoms with Crippen LogP contribution < -0.4 is 4.74 Å². The molecule has 2 unspecified atom stereocenters. The monoisotopic (exact) mass is 507 g/mol. The van der Waals surface area contributed by atoms with Gasteiger partial charge in [0.05, 0.1) is 19.2 Å². The van der Waals surface area contributed by atoms with Crippen molar-refractivity contribution in [2.75, 3.05) is 12.9 Å². The van der Waals surface area contributed by atoms with Gasteiger partial charge in [0.15, 0.2) is 6.10 Å². The molecule has 2 aliphatic heterocycles. The number of hydrogen-bond acceptors (Lipinski definition) is 6. The van der Waals surface area contributed by atoms with Crippen LogP contribution in [0, 0.1) is 0 Å². The molecule has 0 fully saturated rings. The Kier molecular flexibility index (Phi) is 9.26. The third-order valence-corrected chi connectivity index (χ3v) is 6.45. The Morgan fingerprint density at radius 2 is 2.14 bits per heavy atom. The molecule has 0 bridgehead atoms. The predicted molar refractivity (Wildman–Crippen MR) is 131 cm³/mol. The molecule has 0 saturated heterocycles. The van der Waals surface area contributed by atoms with Gasteiger partial charge in [-0.3, -0.25) is 4.79 Å². The summed E-state index contributed by atoms with van der Waals surface area (Å²) in [5.41, 5.74) is 1.48. The minimum Gasteiger partial charge on any atom is -0.490 e. The molecule has 3 rings (SSSR count). The zero-order chi connectivity index (χ0) is 25.4. The molecule has 2 atom stereocenters. The number of hydrogen-bond donors (Lipinski definition) is 0. The van der Waals surface area contributed by atoms with Crippen LogP contribution in [0.5, 0.6) is 5.75 Å². The highest BCUT2D eigenvalue weighted by molar-refractivity contribution is 8.00. The highest BCUT2D eigenvalue weighted by Crippen LogP contribution is 2.33. The van der Waals surface area contributed by atoms with Crippen molar-refractivity contribution in [3.63, 3.8) is 0 Å². The maximum absolute atomic E-state index is 12.7. The van der Waals surface area contributed by atoms with Crippen LogP contribution in [0.15, 0.2) is 76.4 Å². The fourth-order valence-electron chi connectivity index (χ4n) is 3.52. The average Bonchev–Trinajstić information content (AvgIpc) is 2.84. The Balaban J connectivity index is 1.54. The van der Waals surface area contributed by atoms with Gasteiger partial charge < -0.3 is 14.3 Å². The minimum absolute atomic E-state index is 0.173. The van der Waals surface area contributed by atoms with E-state index in [0.717, 1.165) is 40.8 Å². The second-order valence-electron chi connectivity index (χ2n) is 8.05. The third kappa shape index (κ3) is 7.78. The largest absolute Gasteiger partial charge is 0.490 e. The number of nitrogens with zero attached hydrogens (tertiary/aromatic N) is 1. The fraction of sp³-hybridized carbons (Fsp3) is 0.385. The lowest BCUT2D eigenvalue weighted by molar-refractivity contribution is -0.142. The van der Waals surface area contributed by atoms with Crippen molar-refractivity contribution >= 4 is 23.4 Å². The molecule has 0 radical (unpaired) electrons. The summed E-state index contributed by atoms with van der Waals surface area (Å²) in [7, 11) is 1.37. The van der Waals surface area contributed by atoms with Crippen molar-refractivity contribution in [1.29, 1.82) is 0 Å². The van der Waals surface area contributed by atoms with Gasteiger partial charge in [0.25, 0.3) is 0 Å². The Bertz CT molecular complexity index is 1060. The van der Waals surface area contributed by atoms with E-state index >= 15 is 0 Å². The lowest BCUT2D eigenvalue weighted by Crippen LogP contribution is -2.26. The van der Waals surface area contributed by atoms with Crippen LogP contribution in [-0.2, 0) is 20.8 Å². The summed E-state index contributed by atoms with van der Waals surface area (Å²) in [6.45, 7) is 4.96. The number of aryl methyl sites for hydroxylation is 1. The number of alkyl halides is 3. The topological polar surface area (TPSA) is 57.1 Å². The Morgan fingerprint density at radius 3 is 2.80 bits per heavy atom. The van der Waals surface area contributed by atoms with Crippen LogP contribution in [0.25, 0.3) is 0 Å². The molecule has 2 aliphatic rings. The quantitative estimate of drug-likeness (QED) is 0.221. The number of esters is 1. The first-order chi connectivity index (χ1) is 16.7. The molecule has 9 heteroatoms. The molecule has 0 amide bonds. The number of thioether (sulfide) groups is 1. The van der Waals surface area contributed by atoms with Crippen LogP contribution in [0.2, 0.25) is 0 Å². The molecular formula is C26H28F3NO4S. The molecule has 35 heavy (non-hydrogen) atoms. The average molecular weight is 508 g/mol. The number of carbonyl (C=O) groups is 1. The molecule has 0 aromatic heterocycles. The maximum Gasteiger partial charge on any atom is 0.415 e. The van der Waals surface area contributed by atoms with Crippen LogP contribution in [0.3, 0.4) is 0 Å².